The fourth-order valence-corrected chi connectivity index (χ4v) is 3.04. The molecule has 0 bridgehead atoms. The first kappa shape index (κ1) is 14.0. The lowest BCUT2D eigenvalue weighted by Gasteiger charge is -2.35. The van der Waals surface area contributed by atoms with Crippen LogP contribution in [0.3, 0.4) is 0 Å². The van der Waals surface area contributed by atoms with Crippen molar-refractivity contribution in [3.05, 3.63) is 0 Å². The SMILES string of the molecule is CNCC(C)(C)CN(C)C1CCCCCC1. The van der Waals surface area contributed by atoms with Gasteiger partial charge in [0, 0.05) is 19.1 Å². The molecule has 0 spiro atoms. The quantitative estimate of drug-likeness (QED) is 0.725. The van der Waals surface area contributed by atoms with Crippen molar-refractivity contribution in [2.75, 3.05) is 27.2 Å². The van der Waals surface area contributed by atoms with Gasteiger partial charge < -0.3 is 10.2 Å². The van der Waals surface area contributed by atoms with Crippen LogP contribution in [0.15, 0.2) is 0 Å². The molecule has 0 aromatic carbocycles. The highest BCUT2D eigenvalue weighted by Gasteiger charge is 2.24. The van der Waals surface area contributed by atoms with E-state index in [0.717, 1.165) is 12.6 Å². The van der Waals surface area contributed by atoms with Crippen molar-refractivity contribution in [1.29, 1.82) is 0 Å². The number of nitrogens with zero attached hydrogens (tertiary/aromatic N) is 1. The van der Waals surface area contributed by atoms with Crippen LogP contribution in [-0.2, 0) is 0 Å². The zero-order valence-electron chi connectivity index (χ0n) is 11.7. The Morgan fingerprint density at radius 3 is 2.19 bits per heavy atom. The molecule has 0 atom stereocenters. The monoisotopic (exact) mass is 226 g/mol. The van der Waals surface area contributed by atoms with Crippen molar-refractivity contribution in [2.45, 2.75) is 58.4 Å². The molecule has 0 aromatic heterocycles. The van der Waals surface area contributed by atoms with Crippen molar-refractivity contribution in [3.8, 4) is 0 Å². The molecule has 16 heavy (non-hydrogen) atoms. The van der Waals surface area contributed by atoms with Crippen LogP contribution in [0.5, 0.6) is 0 Å². The largest absolute Gasteiger partial charge is 0.319 e. The molecule has 2 nitrogen and oxygen atoms in total. The summed E-state index contributed by atoms with van der Waals surface area (Å²) in [5.74, 6) is 0. The van der Waals surface area contributed by atoms with Gasteiger partial charge in [0.2, 0.25) is 0 Å². The molecule has 0 saturated heterocycles. The molecular weight excluding hydrogens is 196 g/mol. The minimum absolute atomic E-state index is 0.385. The van der Waals surface area contributed by atoms with Crippen molar-refractivity contribution < 1.29 is 0 Å². The van der Waals surface area contributed by atoms with Crippen LogP contribution in [0.4, 0.5) is 0 Å². The molecule has 1 rings (SSSR count). The van der Waals surface area contributed by atoms with E-state index in [1.807, 2.05) is 7.05 Å². The third kappa shape index (κ3) is 4.84. The van der Waals surface area contributed by atoms with E-state index < -0.39 is 0 Å². The Labute approximate surface area is 102 Å². The highest BCUT2D eigenvalue weighted by molar-refractivity contribution is 4.79. The summed E-state index contributed by atoms with van der Waals surface area (Å²) >= 11 is 0. The summed E-state index contributed by atoms with van der Waals surface area (Å²) in [6, 6.07) is 0.832. The van der Waals surface area contributed by atoms with Crippen LogP contribution >= 0.6 is 0 Å². The minimum atomic E-state index is 0.385. The van der Waals surface area contributed by atoms with E-state index in [0.29, 0.717) is 5.41 Å². The van der Waals surface area contributed by atoms with E-state index in [9.17, 15) is 0 Å². The van der Waals surface area contributed by atoms with Crippen LogP contribution in [0.2, 0.25) is 0 Å². The highest BCUT2D eigenvalue weighted by Crippen LogP contribution is 2.24. The van der Waals surface area contributed by atoms with Crippen LogP contribution in [0.1, 0.15) is 52.4 Å². The minimum Gasteiger partial charge on any atom is -0.319 e. The molecule has 1 aliphatic rings. The van der Waals surface area contributed by atoms with Crippen molar-refractivity contribution in [3.63, 3.8) is 0 Å². The average Bonchev–Trinajstić information content (AvgIpc) is 2.44. The standard InChI is InChI=1S/C14H30N2/c1-14(2,11-15-3)12-16(4)13-9-7-5-6-8-10-13/h13,15H,5-12H2,1-4H3. The Bertz CT molecular complexity index is 181. The van der Waals surface area contributed by atoms with Gasteiger partial charge in [-0.15, -0.1) is 0 Å². The molecule has 2 heteroatoms. The molecule has 96 valence electrons. The summed E-state index contributed by atoms with van der Waals surface area (Å²) in [4.78, 5) is 2.60. The second-order valence-electron chi connectivity index (χ2n) is 6.26. The van der Waals surface area contributed by atoms with E-state index in [4.69, 9.17) is 0 Å². The molecule has 0 aliphatic heterocycles. The van der Waals surface area contributed by atoms with Gasteiger partial charge in [-0.25, -0.2) is 0 Å². The van der Waals surface area contributed by atoms with E-state index in [1.54, 1.807) is 0 Å². The Kier molecular flexibility index (Phi) is 5.77. The first-order valence-electron chi connectivity index (χ1n) is 6.90. The maximum absolute atomic E-state index is 3.30. The van der Waals surface area contributed by atoms with Crippen molar-refractivity contribution in [2.24, 2.45) is 5.41 Å². The molecule has 1 N–H and O–H groups in total. The molecule has 0 aromatic rings. The van der Waals surface area contributed by atoms with Gasteiger partial charge in [-0.3, -0.25) is 0 Å². The fourth-order valence-electron chi connectivity index (χ4n) is 3.04. The summed E-state index contributed by atoms with van der Waals surface area (Å²) in [7, 11) is 4.36. The van der Waals surface area contributed by atoms with Crippen molar-refractivity contribution in [1.82, 2.24) is 10.2 Å². The van der Waals surface area contributed by atoms with E-state index in [2.05, 4.69) is 31.1 Å². The molecule has 1 aliphatic carbocycles. The number of rotatable bonds is 5. The first-order chi connectivity index (χ1) is 7.55. The lowest BCUT2D eigenvalue weighted by molar-refractivity contribution is 0.148. The van der Waals surface area contributed by atoms with E-state index >= 15 is 0 Å². The predicted molar refractivity (Wildman–Crippen MR) is 71.8 cm³/mol. The average molecular weight is 226 g/mol. The predicted octanol–water partition coefficient (Wildman–Crippen LogP) is 2.89. The molecule has 1 saturated carbocycles. The lowest BCUT2D eigenvalue weighted by atomic mass is 9.91. The van der Waals surface area contributed by atoms with Crippen LogP contribution in [-0.4, -0.2) is 38.1 Å². The van der Waals surface area contributed by atoms with Crippen LogP contribution < -0.4 is 5.32 Å². The van der Waals surface area contributed by atoms with Crippen LogP contribution in [0, 0.1) is 5.41 Å². The van der Waals surface area contributed by atoms with Gasteiger partial charge in [-0.2, -0.15) is 0 Å². The Morgan fingerprint density at radius 2 is 1.69 bits per heavy atom. The van der Waals surface area contributed by atoms with Gasteiger partial charge in [0.1, 0.15) is 0 Å². The Morgan fingerprint density at radius 1 is 1.12 bits per heavy atom. The third-order valence-electron chi connectivity index (χ3n) is 3.78. The lowest BCUT2D eigenvalue weighted by Crippen LogP contribution is -2.42. The van der Waals surface area contributed by atoms with Gasteiger partial charge in [0.05, 0.1) is 0 Å². The Hall–Kier alpha value is -0.0800. The van der Waals surface area contributed by atoms with Gasteiger partial charge in [0.15, 0.2) is 0 Å². The molecule has 0 amide bonds. The third-order valence-corrected chi connectivity index (χ3v) is 3.78. The first-order valence-corrected chi connectivity index (χ1v) is 6.90. The summed E-state index contributed by atoms with van der Waals surface area (Å²) in [5.41, 5.74) is 0.385. The molecule has 0 heterocycles. The molecule has 1 fully saturated rings. The molecule has 0 radical (unpaired) electrons. The van der Waals surface area contributed by atoms with E-state index in [-0.39, 0.29) is 0 Å². The maximum atomic E-state index is 3.30. The zero-order chi connectivity index (χ0) is 12.0. The number of hydrogen-bond acceptors (Lipinski definition) is 2. The van der Waals surface area contributed by atoms with Crippen LogP contribution in [0.25, 0.3) is 0 Å². The topological polar surface area (TPSA) is 15.3 Å². The molecular formula is C14H30N2. The van der Waals surface area contributed by atoms with E-state index in [1.165, 1.54) is 45.1 Å². The Balaban J connectivity index is 2.40. The fraction of sp³-hybridized carbons (Fsp3) is 1.00. The van der Waals surface area contributed by atoms with Gasteiger partial charge in [-0.05, 0) is 32.4 Å². The van der Waals surface area contributed by atoms with Gasteiger partial charge >= 0.3 is 0 Å². The zero-order valence-corrected chi connectivity index (χ0v) is 11.7. The van der Waals surface area contributed by atoms with Crippen molar-refractivity contribution >= 4 is 0 Å². The summed E-state index contributed by atoms with van der Waals surface area (Å²) in [5, 5.41) is 3.30. The molecule has 0 unspecified atom stereocenters. The summed E-state index contributed by atoms with van der Waals surface area (Å²) in [6.07, 6.45) is 8.58. The summed E-state index contributed by atoms with van der Waals surface area (Å²) < 4.78 is 0. The normalized spacial score (nSPS) is 20.1. The van der Waals surface area contributed by atoms with Gasteiger partial charge in [-0.1, -0.05) is 39.5 Å². The smallest absolute Gasteiger partial charge is 0.00924 e. The summed E-state index contributed by atoms with van der Waals surface area (Å²) in [6.45, 7) is 7.02. The van der Waals surface area contributed by atoms with Gasteiger partial charge in [0.25, 0.3) is 0 Å². The number of nitrogens with one attached hydrogen (secondary N) is 1. The number of hydrogen-bond donors (Lipinski definition) is 1. The maximum Gasteiger partial charge on any atom is 0.00924 e. The second kappa shape index (κ2) is 6.61. The second-order valence-corrected chi connectivity index (χ2v) is 6.26. The highest BCUT2D eigenvalue weighted by atomic mass is 15.1.